The Bertz CT molecular complexity index is 2010. The van der Waals surface area contributed by atoms with Gasteiger partial charge in [0.2, 0.25) is 5.91 Å². The fourth-order valence-corrected chi connectivity index (χ4v) is 8.22. The summed E-state index contributed by atoms with van der Waals surface area (Å²) in [5.74, 6) is -0.447. The fraction of sp³-hybridized carbons (Fsp3) is 0.457. The number of likely N-dealkylation sites (tertiary alicyclic amines) is 1. The van der Waals surface area contributed by atoms with Crippen molar-refractivity contribution in [2.75, 3.05) is 33.3 Å². The number of pyridine rings is 1. The molecule has 4 aromatic rings. The van der Waals surface area contributed by atoms with E-state index >= 15 is 0 Å². The van der Waals surface area contributed by atoms with Gasteiger partial charge >= 0.3 is 12.1 Å². The first-order valence-corrected chi connectivity index (χ1v) is 17.7. The maximum absolute atomic E-state index is 13.8. The Kier molecular flexibility index (Phi) is 10.2. The average molecular weight is 732 g/mol. The highest BCUT2D eigenvalue weighted by Gasteiger charge is 2.36. The number of likely N-dealkylation sites (N-methyl/N-ethyl adjacent to an activating group) is 1. The molecule has 0 saturated carbocycles. The number of nitrogens with zero attached hydrogens (tertiary/aromatic N) is 5. The zero-order chi connectivity index (χ0) is 35.9. The number of aromatic nitrogens is 3. The summed E-state index contributed by atoms with van der Waals surface area (Å²) >= 11 is 7.68. The number of hydrogen-bond acceptors (Lipinski definition) is 8. The van der Waals surface area contributed by atoms with Crippen LogP contribution in [0.25, 0.3) is 21.3 Å². The van der Waals surface area contributed by atoms with Crippen molar-refractivity contribution in [1.29, 1.82) is 0 Å². The molecule has 1 saturated heterocycles. The number of alkyl halides is 3. The molecule has 0 spiro atoms. The minimum absolute atomic E-state index is 0.0962. The number of thiophene rings is 1. The van der Waals surface area contributed by atoms with Crippen molar-refractivity contribution in [2.45, 2.75) is 64.7 Å². The molecule has 1 aromatic carbocycles. The third-order valence-electron chi connectivity index (χ3n) is 9.61. The Morgan fingerprint density at radius 3 is 2.56 bits per heavy atom. The number of carboxylic acid groups (broad SMARTS) is 1. The lowest BCUT2D eigenvalue weighted by Crippen LogP contribution is -2.48. The van der Waals surface area contributed by atoms with Crippen molar-refractivity contribution in [3.8, 4) is 16.9 Å². The van der Waals surface area contributed by atoms with E-state index in [1.807, 2.05) is 6.07 Å². The summed E-state index contributed by atoms with van der Waals surface area (Å²) in [7, 11) is 1.72. The van der Waals surface area contributed by atoms with E-state index in [4.69, 9.17) is 21.3 Å². The molecule has 0 bridgehead atoms. The number of carbonyl (C=O) groups excluding carboxylic acids is 1. The van der Waals surface area contributed by atoms with Gasteiger partial charge < -0.3 is 14.7 Å². The van der Waals surface area contributed by atoms with E-state index in [2.05, 4.69) is 4.98 Å². The van der Waals surface area contributed by atoms with Gasteiger partial charge in [-0.2, -0.15) is 13.2 Å². The van der Waals surface area contributed by atoms with E-state index in [1.165, 1.54) is 16.2 Å². The Balaban J connectivity index is 1.16. The Hall–Kier alpha value is -4.01. The van der Waals surface area contributed by atoms with Crippen molar-refractivity contribution < 1.29 is 32.6 Å². The molecule has 15 heteroatoms. The van der Waals surface area contributed by atoms with Crippen LogP contribution < -0.4 is 10.3 Å². The number of benzene rings is 1. The number of ether oxygens (including phenoxy) is 1. The number of aryl methyl sites for hydroxylation is 3. The average Bonchev–Trinajstić information content (AvgIpc) is 3.49. The molecular formula is C35H37ClF3N5O5S. The highest BCUT2D eigenvalue weighted by Crippen LogP contribution is 2.40. The van der Waals surface area contributed by atoms with E-state index in [-0.39, 0.29) is 55.2 Å². The summed E-state index contributed by atoms with van der Waals surface area (Å²) in [5.41, 5.74) is 3.64. The second-order valence-electron chi connectivity index (χ2n) is 13.0. The Labute approximate surface area is 295 Å². The van der Waals surface area contributed by atoms with Crippen molar-refractivity contribution in [3.63, 3.8) is 0 Å². The van der Waals surface area contributed by atoms with Crippen LogP contribution in [0.3, 0.4) is 0 Å². The van der Waals surface area contributed by atoms with Gasteiger partial charge in [-0.25, -0.2) is 9.78 Å². The van der Waals surface area contributed by atoms with E-state index in [0.717, 1.165) is 11.3 Å². The van der Waals surface area contributed by atoms with Crippen LogP contribution in [0, 0.1) is 19.8 Å². The first kappa shape index (κ1) is 35.8. The summed E-state index contributed by atoms with van der Waals surface area (Å²) in [6, 6.07) is 6.84. The molecule has 1 unspecified atom stereocenters. The lowest BCUT2D eigenvalue weighted by Gasteiger charge is -2.37. The molecule has 1 fully saturated rings. The fourth-order valence-electron chi connectivity index (χ4n) is 7.04. The maximum atomic E-state index is 13.8. The molecule has 1 amide bonds. The van der Waals surface area contributed by atoms with Gasteiger partial charge in [0, 0.05) is 58.2 Å². The summed E-state index contributed by atoms with van der Waals surface area (Å²) < 4.78 is 47.0. The van der Waals surface area contributed by atoms with Crippen LogP contribution in [0.2, 0.25) is 5.02 Å². The van der Waals surface area contributed by atoms with Gasteiger partial charge in [-0.05, 0) is 76.9 Å². The molecule has 3 aromatic heterocycles. The smallest absolute Gasteiger partial charge is 0.401 e. The number of piperidine rings is 1. The topological polar surface area (TPSA) is 118 Å². The lowest BCUT2D eigenvalue weighted by atomic mass is 9.89. The monoisotopic (exact) mass is 731 g/mol. The van der Waals surface area contributed by atoms with Crippen molar-refractivity contribution in [2.24, 2.45) is 5.92 Å². The largest absolute Gasteiger partial charge is 0.491 e. The molecule has 1 N–H and O–H groups in total. The van der Waals surface area contributed by atoms with E-state index in [1.54, 1.807) is 53.9 Å². The van der Waals surface area contributed by atoms with E-state index in [9.17, 15) is 32.7 Å². The number of rotatable bonds is 9. The van der Waals surface area contributed by atoms with Crippen molar-refractivity contribution >= 4 is 45.0 Å². The third kappa shape index (κ3) is 7.52. The van der Waals surface area contributed by atoms with E-state index < -0.39 is 18.7 Å². The van der Waals surface area contributed by atoms with Gasteiger partial charge in [-0.3, -0.25) is 24.0 Å². The number of hydrogen-bond donors (Lipinski definition) is 1. The summed E-state index contributed by atoms with van der Waals surface area (Å²) in [6.07, 6.45) is -2.01. The molecule has 2 aliphatic rings. The molecule has 4 heterocycles. The van der Waals surface area contributed by atoms with E-state index in [0.29, 0.717) is 75.7 Å². The Morgan fingerprint density at radius 2 is 1.86 bits per heavy atom. The molecule has 1 aliphatic carbocycles. The molecule has 6 rings (SSSR count). The first-order chi connectivity index (χ1) is 23.7. The predicted octanol–water partition coefficient (Wildman–Crippen LogP) is 6.16. The van der Waals surface area contributed by atoms with Crippen LogP contribution in [-0.4, -0.2) is 86.8 Å². The van der Waals surface area contributed by atoms with Crippen LogP contribution >= 0.6 is 22.9 Å². The molecule has 1 aliphatic heterocycles. The molecule has 50 heavy (non-hydrogen) atoms. The van der Waals surface area contributed by atoms with Gasteiger partial charge in [0.25, 0.3) is 5.56 Å². The second kappa shape index (κ2) is 14.3. The molecular weight excluding hydrogens is 695 g/mol. The first-order valence-electron chi connectivity index (χ1n) is 16.4. The van der Waals surface area contributed by atoms with Gasteiger partial charge in [-0.15, -0.1) is 11.3 Å². The van der Waals surface area contributed by atoms with Crippen LogP contribution in [-0.2, 0) is 24.2 Å². The number of halogens is 4. The lowest BCUT2D eigenvalue weighted by molar-refractivity contribution is -0.151. The van der Waals surface area contributed by atoms with Crippen LogP contribution in [0.1, 0.15) is 52.4 Å². The maximum Gasteiger partial charge on any atom is 0.401 e. The van der Waals surface area contributed by atoms with Gasteiger partial charge in [0.15, 0.2) is 0 Å². The minimum atomic E-state index is -4.26. The normalized spacial score (nSPS) is 17.1. The zero-order valence-corrected chi connectivity index (χ0v) is 29.4. The number of carbonyl (C=O) groups is 2. The van der Waals surface area contributed by atoms with Crippen LogP contribution in [0.5, 0.6) is 5.75 Å². The number of aromatic carboxylic acids is 1. The SMILES string of the molecule is Cc1cc(-c2cc(Cl)ccc2OCCn2c(C)nc3c(c2=O)CC(N(C)C(=O)C2CCN(CC(F)(F)F)CC2)CC3)c2scc(C(=O)O)c2n1. The Morgan fingerprint density at radius 1 is 1.12 bits per heavy atom. The molecule has 266 valence electrons. The van der Waals surface area contributed by atoms with Crippen LogP contribution in [0.4, 0.5) is 13.2 Å². The van der Waals surface area contributed by atoms with Gasteiger partial charge in [0.1, 0.15) is 18.2 Å². The van der Waals surface area contributed by atoms with Crippen molar-refractivity contribution in [3.05, 3.63) is 73.4 Å². The van der Waals surface area contributed by atoms with Crippen molar-refractivity contribution in [1.82, 2.24) is 24.3 Å². The summed E-state index contributed by atoms with van der Waals surface area (Å²) in [5, 5.41) is 11.7. The minimum Gasteiger partial charge on any atom is -0.491 e. The molecule has 1 atom stereocenters. The quantitative estimate of drug-likeness (QED) is 0.218. The molecule has 0 radical (unpaired) electrons. The number of amides is 1. The third-order valence-corrected chi connectivity index (χ3v) is 10.9. The number of carboxylic acids is 1. The standard InChI is InChI=1S/C35H37ClF3N5O5S/c1-19-14-25(31-30(40-19)27(17-50-31)34(47)48)24-15-22(36)4-7-29(24)49-13-12-44-20(2)41-28-6-5-23(16-26(28)33(44)46)42(3)32(45)21-8-10-43(11-9-21)18-35(37,38)39/h4,7,14-15,17,21,23H,5-6,8-13,16,18H2,1-3H3,(H,47,48). The second-order valence-corrected chi connectivity index (χ2v) is 14.3. The van der Waals surface area contributed by atoms with Crippen LogP contribution in [0.15, 0.2) is 34.4 Å². The summed E-state index contributed by atoms with van der Waals surface area (Å²) in [4.78, 5) is 51.3. The highest BCUT2D eigenvalue weighted by molar-refractivity contribution is 7.18. The predicted molar refractivity (Wildman–Crippen MR) is 184 cm³/mol. The van der Waals surface area contributed by atoms with Gasteiger partial charge in [-0.1, -0.05) is 11.6 Å². The zero-order valence-electron chi connectivity index (χ0n) is 27.8. The molecule has 10 nitrogen and oxygen atoms in total. The highest BCUT2D eigenvalue weighted by atomic mass is 35.5. The van der Waals surface area contributed by atoms with Gasteiger partial charge in [0.05, 0.1) is 34.6 Å². The number of fused-ring (bicyclic) bond motifs is 2. The summed E-state index contributed by atoms with van der Waals surface area (Å²) in [6.45, 7) is 3.37.